The van der Waals surface area contributed by atoms with Gasteiger partial charge in [0, 0.05) is 5.54 Å². The van der Waals surface area contributed by atoms with Crippen LogP contribution in [0.5, 0.6) is 5.75 Å². The van der Waals surface area contributed by atoms with E-state index in [-0.39, 0.29) is 0 Å². The molecule has 0 aliphatic carbocycles. The summed E-state index contributed by atoms with van der Waals surface area (Å²) in [5, 5.41) is 13.1. The van der Waals surface area contributed by atoms with Crippen LogP contribution >= 0.6 is 0 Å². The summed E-state index contributed by atoms with van der Waals surface area (Å²) >= 11 is 0. The summed E-state index contributed by atoms with van der Waals surface area (Å²) in [5.41, 5.74) is 1.59. The molecule has 1 heterocycles. The van der Waals surface area contributed by atoms with Gasteiger partial charge in [0.1, 0.15) is 5.75 Å². The minimum Gasteiger partial charge on any atom is -0.508 e. The van der Waals surface area contributed by atoms with Gasteiger partial charge in [0.2, 0.25) is 0 Å². The predicted molar refractivity (Wildman–Crippen MR) is 66.7 cm³/mol. The molecular weight excluding hydrogens is 198 g/mol. The number of aromatic hydroxyl groups is 1. The van der Waals surface area contributed by atoms with E-state index in [0.29, 0.717) is 11.3 Å². The lowest BCUT2D eigenvalue weighted by molar-refractivity contribution is 0.336. The van der Waals surface area contributed by atoms with Crippen LogP contribution in [0.3, 0.4) is 0 Å². The third-order valence-electron chi connectivity index (χ3n) is 3.81. The second-order valence-electron chi connectivity index (χ2n) is 4.83. The molecule has 1 aromatic rings. The van der Waals surface area contributed by atoms with Crippen LogP contribution in [0.4, 0.5) is 0 Å². The molecule has 1 aliphatic rings. The molecular formula is C14H21NO. The average Bonchev–Trinajstić information content (AvgIpc) is 2.76. The highest BCUT2D eigenvalue weighted by molar-refractivity contribution is 5.27. The van der Waals surface area contributed by atoms with Crippen molar-refractivity contribution in [2.75, 3.05) is 6.54 Å². The number of phenols is 1. The quantitative estimate of drug-likeness (QED) is 0.816. The molecule has 0 amide bonds. The van der Waals surface area contributed by atoms with Crippen LogP contribution in [0.2, 0.25) is 0 Å². The Labute approximate surface area is 97.7 Å². The van der Waals surface area contributed by atoms with Crippen molar-refractivity contribution in [3.05, 3.63) is 29.8 Å². The average molecular weight is 219 g/mol. The number of aryl methyl sites for hydroxylation is 1. The molecule has 1 saturated heterocycles. The fourth-order valence-corrected chi connectivity index (χ4v) is 2.66. The van der Waals surface area contributed by atoms with E-state index in [1.807, 2.05) is 12.1 Å². The zero-order valence-electron chi connectivity index (χ0n) is 10.00. The van der Waals surface area contributed by atoms with Crippen molar-refractivity contribution in [3.8, 4) is 5.75 Å². The third-order valence-corrected chi connectivity index (χ3v) is 3.81. The number of hydrogen-bond acceptors (Lipinski definition) is 2. The van der Waals surface area contributed by atoms with Gasteiger partial charge in [-0.15, -0.1) is 0 Å². The van der Waals surface area contributed by atoms with Gasteiger partial charge in [0.25, 0.3) is 0 Å². The van der Waals surface area contributed by atoms with E-state index in [2.05, 4.69) is 18.3 Å². The zero-order valence-corrected chi connectivity index (χ0v) is 10.00. The number of benzene rings is 1. The van der Waals surface area contributed by atoms with Gasteiger partial charge >= 0.3 is 0 Å². The monoisotopic (exact) mass is 219 g/mol. The van der Waals surface area contributed by atoms with E-state index in [1.54, 1.807) is 6.07 Å². The van der Waals surface area contributed by atoms with Crippen molar-refractivity contribution in [1.82, 2.24) is 5.32 Å². The Morgan fingerprint density at radius 1 is 1.44 bits per heavy atom. The second-order valence-corrected chi connectivity index (χ2v) is 4.83. The van der Waals surface area contributed by atoms with E-state index in [0.717, 1.165) is 13.0 Å². The Balaban J connectivity index is 1.95. The van der Waals surface area contributed by atoms with Crippen LogP contribution in [-0.2, 0) is 6.42 Å². The zero-order chi connectivity index (χ0) is 11.4. The lowest BCUT2D eigenvalue weighted by Gasteiger charge is -2.28. The summed E-state index contributed by atoms with van der Waals surface area (Å²) in [5.74, 6) is 0.377. The molecule has 0 saturated carbocycles. The molecule has 2 N–H and O–H groups in total. The number of hydrogen-bond donors (Lipinski definition) is 2. The molecule has 0 radical (unpaired) electrons. The Morgan fingerprint density at radius 2 is 2.31 bits per heavy atom. The molecule has 0 bridgehead atoms. The predicted octanol–water partition coefficient (Wildman–Crippen LogP) is 2.86. The molecule has 16 heavy (non-hydrogen) atoms. The fourth-order valence-electron chi connectivity index (χ4n) is 2.66. The summed E-state index contributed by atoms with van der Waals surface area (Å²) in [7, 11) is 0. The molecule has 0 aromatic heterocycles. The summed E-state index contributed by atoms with van der Waals surface area (Å²) < 4.78 is 0. The minimum atomic E-state index is 0.353. The first-order valence-electron chi connectivity index (χ1n) is 6.27. The van der Waals surface area contributed by atoms with Gasteiger partial charge in [-0.25, -0.2) is 0 Å². The van der Waals surface area contributed by atoms with Gasteiger partial charge in [-0.1, -0.05) is 19.1 Å². The number of rotatable bonds is 4. The normalized spacial score (nSPS) is 24.8. The highest BCUT2D eigenvalue weighted by atomic mass is 16.3. The molecule has 2 heteroatoms. The lowest BCUT2D eigenvalue weighted by atomic mass is 9.87. The maximum absolute atomic E-state index is 9.41. The SMILES string of the molecule is CCC1(CCc2cccc(O)c2)CCCN1. The fraction of sp³-hybridized carbons (Fsp3) is 0.571. The van der Waals surface area contributed by atoms with Crippen molar-refractivity contribution in [1.29, 1.82) is 0 Å². The van der Waals surface area contributed by atoms with E-state index in [1.165, 1.54) is 31.2 Å². The Morgan fingerprint density at radius 3 is 2.94 bits per heavy atom. The van der Waals surface area contributed by atoms with Crippen molar-refractivity contribution in [3.63, 3.8) is 0 Å². The Bertz CT molecular complexity index is 342. The second kappa shape index (κ2) is 4.88. The first-order chi connectivity index (χ1) is 7.74. The molecule has 1 aliphatic heterocycles. The summed E-state index contributed by atoms with van der Waals surface area (Å²) in [6.07, 6.45) is 6.02. The van der Waals surface area contributed by atoms with Gasteiger partial charge in [-0.05, 0) is 56.3 Å². The topological polar surface area (TPSA) is 32.3 Å². The highest BCUT2D eigenvalue weighted by Crippen LogP contribution is 2.28. The maximum atomic E-state index is 9.41. The molecule has 2 nitrogen and oxygen atoms in total. The molecule has 0 spiro atoms. The Hall–Kier alpha value is -1.02. The number of phenolic OH excluding ortho intramolecular Hbond substituents is 1. The maximum Gasteiger partial charge on any atom is 0.115 e. The van der Waals surface area contributed by atoms with E-state index in [9.17, 15) is 5.11 Å². The first kappa shape index (κ1) is 11.5. The minimum absolute atomic E-state index is 0.353. The third kappa shape index (κ3) is 2.56. The number of nitrogens with one attached hydrogen (secondary N) is 1. The van der Waals surface area contributed by atoms with Crippen molar-refractivity contribution >= 4 is 0 Å². The van der Waals surface area contributed by atoms with E-state index in [4.69, 9.17) is 0 Å². The van der Waals surface area contributed by atoms with Crippen LogP contribution in [-0.4, -0.2) is 17.2 Å². The van der Waals surface area contributed by atoms with E-state index < -0.39 is 0 Å². The van der Waals surface area contributed by atoms with Crippen LogP contribution < -0.4 is 5.32 Å². The molecule has 1 unspecified atom stereocenters. The van der Waals surface area contributed by atoms with Gasteiger partial charge in [-0.2, -0.15) is 0 Å². The van der Waals surface area contributed by atoms with Crippen LogP contribution in [0.15, 0.2) is 24.3 Å². The van der Waals surface area contributed by atoms with E-state index >= 15 is 0 Å². The molecule has 1 aromatic carbocycles. The van der Waals surface area contributed by atoms with Crippen LogP contribution in [0.25, 0.3) is 0 Å². The summed E-state index contributed by atoms with van der Waals surface area (Å²) in [6, 6.07) is 7.62. The first-order valence-corrected chi connectivity index (χ1v) is 6.27. The van der Waals surface area contributed by atoms with Gasteiger partial charge < -0.3 is 10.4 Å². The Kier molecular flexibility index (Phi) is 3.49. The standard InChI is InChI=1S/C14H21NO/c1-2-14(8-4-10-15-14)9-7-12-5-3-6-13(16)11-12/h3,5-6,11,15-16H,2,4,7-10H2,1H3. The van der Waals surface area contributed by atoms with Crippen molar-refractivity contribution in [2.24, 2.45) is 0 Å². The van der Waals surface area contributed by atoms with Gasteiger partial charge in [0.15, 0.2) is 0 Å². The molecule has 2 rings (SSSR count). The van der Waals surface area contributed by atoms with Crippen molar-refractivity contribution in [2.45, 2.75) is 44.6 Å². The summed E-state index contributed by atoms with van der Waals surface area (Å²) in [6.45, 7) is 3.43. The highest BCUT2D eigenvalue weighted by Gasteiger charge is 2.30. The molecule has 1 fully saturated rings. The van der Waals surface area contributed by atoms with Gasteiger partial charge in [0.05, 0.1) is 0 Å². The molecule has 1 atom stereocenters. The van der Waals surface area contributed by atoms with Crippen LogP contribution in [0.1, 0.15) is 38.2 Å². The largest absolute Gasteiger partial charge is 0.508 e. The van der Waals surface area contributed by atoms with Crippen molar-refractivity contribution < 1.29 is 5.11 Å². The van der Waals surface area contributed by atoms with Crippen LogP contribution in [0, 0.1) is 0 Å². The lowest BCUT2D eigenvalue weighted by Crippen LogP contribution is -2.39. The summed E-state index contributed by atoms with van der Waals surface area (Å²) in [4.78, 5) is 0. The smallest absolute Gasteiger partial charge is 0.115 e. The molecule has 88 valence electrons. The van der Waals surface area contributed by atoms with Gasteiger partial charge in [-0.3, -0.25) is 0 Å².